The van der Waals surface area contributed by atoms with Crippen molar-refractivity contribution in [3.8, 4) is 11.3 Å². The molecule has 0 unspecified atom stereocenters. The second kappa shape index (κ2) is 9.71. The molecule has 5 rings (SSSR count). The fraction of sp³-hybridized carbons (Fsp3) is 0.360. The number of aliphatic hydroxyl groups is 1. The van der Waals surface area contributed by atoms with Crippen LogP contribution in [0, 0.1) is 0 Å². The Morgan fingerprint density at radius 1 is 1.22 bits per heavy atom. The number of nitrogens with one attached hydrogen (secondary N) is 3. The summed E-state index contributed by atoms with van der Waals surface area (Å²) in [6.45, 7) is 6.29. The van der Waals surface area contributed by atoms with E-state index in [1.807, 2.05) is 52.2 Å². The van der Waals surface area contributed by atoms with Gasteiger partial charge < -0.3 is 20.2 Å². The molecule has 192 valence electrons. The molecule has 0 fully saturated rings. The Morgan fingerprint density at radius 2 is 2.05 bits per heavy atom. The molecular weight excluding hydrogens is 474 g/mol. The lowest BCUT2D eigenvalue weighted by atomic mass is 9.96. The first-order valence-corrected chi connectivity index (χ1v) is 12.0. The Balaban J connectivity index is 1.43. The highest BCUT2D eigenvalue weighted by molar-refractivity contribution is 5.89. The number of nitrogens with zero attached hydrogens (tertiary/aromatic N) is 6. The topological polar surface area (TPSA) is 156 Å². The number of rotatable bonds is 5. The van der Waals surface area contributed by atoms with Gasteiger partial charge in [-0.15, -0.1) is 10.2 Å². The Morgan fingerprint density at radius 3 is 2.78 bits per heavy atom. The van der Waals surface area contributed by atoms with Crippen molar-refractivity contribution in [2.45, 2.75) is 44.9 Å². The molecule has 0 saturated carbocycles. The Kier molecular flexibility index (Phi) is 6.44. The van der Waals surface area contributed by atoms with Crippen LogP contribution in [0.15, 0.2) is 47.3 Å². The van der Waals surface area contributed by atoms with Crippen LogP contribution in [0.25, 0.3) is 11.3 Å². The van der Waals surface area contributed by atoms with Gasteiger partial charge in [0, 0.05) is 37.0 Å². The van der Waals surface area contributed by atoms with E-state index < -0.39 is 18.2 Å². The number of aliphatic hydroxyl groups excluding tert-OH is 1. The van der Waals surface area contributed by atoms with E-state index in [1.54, 1.807) is 23.1 Å². The van der Waals surface area contributed by atoms with Gasteiger partial charge in [-0.2, -0.15) is 5.10 Å². The summed E-state index contributed by atoms with van der Waals surface area (Å²) in [5.74, 6) is 0.188. The quantitative estimate of drug-likeness (QED) is 0.319. The van der Waals surface area contributed by atoms with Crippen molar-refractivity contribution in [2.75, 3.05) is 11.9 Å². The van der Waals surface area contributed by atoms with Gasteiger partial charge in [-0.1, -0.05) is 32.9 Å². The van der Waals surface area contributed by atoms with E-state index in [-0.39, 0.29) is 11.3 Å². The monoisotopic (exact) mass is 503 g/mol. The molecule has 2 atom stereocenters. The second-order valence-electron chi connectivity index (χ2n) is 9.96. The predicted octanol–water partition coefficient (Wildman–Crippen LogP) is 2.76. The van der Waals surface area contributed by atoms with Crippen molar-refractivity contribution in [1.82, 2.24) is 40.6 Å². The van der Waals surface area contributed by atoms with Crippen molar-refractivity contribution in [1.29, 1.82) is 0 Å². The number of aromatic nitrogens is 6. The zero-order valence-corrected chi connectivity index (χ0v) is 21.1. The molecule has 12 heteroatoms. The number of aryl methyl sites for hydroxylation is 1. The van der Waals surface area contributed by atoms with Gasteiger partial charge in [-0.3, -0.25) is 14.8 Å². The van der Waals surface area contributed by atoms with Crippen molar-refractivity contribution < 1.29 is 14.3 Å². The molecule has 0 bridgehead atoms. The van der Waals surface area contributed by atoms with E-state index in [4.69, 9.17) is 4.42 Å². The third-order valence-electron chi connectivity index (χ3n) is 5.97. The number of carbonyl (C=O) groups is 1. The first-order chi connectivity index (χ1) is 17.7. The highest BCUT2D eigenvalue weighted by Crippen LogP contribution is 2.32. The van der Waals surface area contributed by atoms with Crippen LogP contribution >= 0.6 is 0 Å². The van der Waals surface area contributed by atoms with Crippen LogP contribution in [0.4, 0.5) is 11.6 Å². The predicted molar refractivity (Wildman–Crippen MR) is 135 cm³/mol. The number of hydrogen-bond donors (Lipinski definition) is 4. The minimum absolute atomic E-state index is 0.115. The molecule has 3 aromatic heterocycles. The highest BCUT2D eigenvalue weighted by Gasteiger charge is 2.29. The van der Waals surface area contributed by atoms with E-state index >= 15 is 0 Å². The van der Waals surface area contributed by atoms with Gasteiger partial charge in [0.15, 0.2) is 0 Å². The van der Waals surface area contributed by atoms with E-state index in [2.05, 4.69) is 41.2 Å². The van der Waals surface area contributed by atoms with Gasteiger partial charge in [0.05, 0.1) is 23.7 Å². The van der Waals surface area contributed by atoms with Crippen molar-refractivity contribution in [3.05, 3.63) is 65.8 Å². The first-order valence-electron chi connectivity index (χ1n) is 12.0. The van der Waals surface area contributed by atoms with E-state index in [0.29, 0.717) is 30.5 Å². The first kappa shape index (κ1) is 24.5. The second-order valence-corrected chi connectivity index (χ2v) is 9.96. The number of carbonyl (C=O) groups excluding carboxylic acids is 1. The van der Waals surface area contributed by atoms with Crippen LogP contribution in [0.3, 0.4) is 0 Å². The van der Waals surface area contributed by atoms with Gasteiger partial charge in [0.1, 0.15) is 6.17 Å². The Labute approximate surface area is 213 Å². The van der Waals surface area contributed by atoms with Crippen LogP contribution in [0.1, 0.15) is 67.2 Å². The molecular formula is C25H29N9O3. The lowest BCUT2D eigenvalue weighted by Gasteiger charge is -2.21. The smallest absolute Gasteiger partial charge is 0.310 e. The molecule has 37 heavy (non-hydrogen) atoms. The number of anilines is 2. The summed E-state index contributed by atoms with van der Waals surface area (Å²) < 4.78 is 7.29. The minimum atomic E-state index is -0.678. The van der Waals surface area contributed by atoms with E-state index in [1.165, 1.54) is 0 Å². The third kappa shape index (κ3) is 5.34. The van der Waals surface area contributed by atoms with Crippen LogP contribution in [-0.2, 0) is 12.5 Å². The third-order valence-corrected chi connectivity index (χ3v) is 5.97. The van der Waals surface area contributed by atoms with Crippen molar-refractivity contribution >= 4 is 17.5 Å². The SMILES string of the molecule is Cn1cc(Nc2nccc(-c3ccc4c(c3)[C@@H](NC(=O)c3nnc(C(C)(C)C)o3)NCC[C@H]4O)n2)cn1. The molecule has 0 aliphatic carbocycles. The summed E-state index contributed by atoms with van der Waals surface area (Å²) in [5, 5.41) is 32.2. The molecule has 1 aliphatic heterocycles. The van der Waals surface area contributed by atoms with Gasteiger partial charge in [-0.05, 0) is 29.7 Å². The van der Waals surface area contributed by atoms with E-state index in [0.717, 1.165) is 22.4 Å². The number of benzene rings is 1. The van der Waals surface area contributed by atoms with Crippen molar-refractivity contribution in [3.63, 3.8) is 0 Å². The molecule has 12 nitrogen and oxygen atoms in total. The molecule has 0 spiro atoms. The normalized spacial score (nSPS) is 17.6. The van der Waals surface area contributed by atoms with Crippen LogP contribution in [-0.4, -0.2) is 47.5 Å². The van der Waals surface area contributed by atoms with Gasteiger partial charge >= 0.3 is 11.8 Å². The molecule has 4 aromatic rings. The van der Waals surface area contributed by atoms with Crippen molar-refractivity contribution in [2.24, 2.45) is 7.05 Å². The van der Waals surface area contributed by atoms with E-state index in [9.17, 15) is 9.90 Å². The average molecular weight is 504 g/mol. The maximum atomic E-state index is 13.0. The Bertz CT molecular complexity index is 1420. The summed E-state index contributed by atoms with van der Waals surface area (Å²) in [4.78, 5) is 21.9. The number of amides is 1. The highest BCUT2D eigenvalue weighted by atomic mass is 16.4. The van der Waals surface area contributed by atoms with Crippen LogP contribution in [0.5, 0.6) is 0 Å². The zero-order valence-electron chi connectivity index (χ0n) is 21.1. The molecule has 1 amide bonds. The molecule has 1 aromatic carbocycles. The molecule has 4 heterocycles. The summed E-state index contributed by atoms with van der Waals surface area (Å²) in [6, 6.07) is 7.47. The molecule has 0 saturated heterocycles. The molecule has 0 radical (unpaired) electrons. The minimum Gasteiger partial charge on any atom is -0.416 e. The lowest BCUT2D eigenvalue weighted by molar-refractivity contribution is 0.0890. The van der Waals surface area contributed by atoms with Gasteiger partial charge in [0.25, 0.3) is 0 Å². The fourth-order valence-electron chi connectivity index (χ4n) is 4.05. The largest absolute Gasteiger partial charge is 0.416 e. The lowest BCUT2D eigenvalue weighted by Crippen LogP contribution is -2.38. The Hall–Kier alpha value is -4.16. The maximum Gasteiger partial charge on any atom is 0.310 e. The maximum absolute atomic E-state index is 13.0. The van der Waals surface area contributed by atoms with Crippen LogP contribution < -0.4 is 16.0 Å². The standard InChI is InChI=1S/C25H29N9O3/c1-25(2,3)23-33-32-22(37-23)21(36)31-20-17-11-14(5-6-16(17)19(35)8-10-26-20)18-7-9-27-24(30-18)29-15-12-28-34(4)13-15/h5-7,9,11-13,19-20,26,35H,8,10H2,1-4H3,(H,31,36)(H,27,29,30)/t19-,20-/m1/s1. The fourth-order valence-corrected chi connectivity index (χ4v) is 4.05. The van der Waals surface area contributed by atoms with Crippen LogP contribution in [0.2, 0.25) is 0 Å². The number of fused-ring (bicyclic) bond motifs is 1. The van der Waals surface area contributed by atoms with Gasteiger partial charge in [-0.25, -0.2) is 9.97 Å². The van der Waals surface area contributed by atoms with Gasteiger partial charge in [0.2, 0.25) is 11.8 Å². The summed E-state index contributed by atoms with van der Waals surface area (Å²) in [6.07, 6.45) is 4.42. The average Bonchev–Trinajstić information content (AvgIpc) is 3.49. The summed E-state index contributed by atoms with van der Waals surface area (Å²) in [5.41, 5.74) is 3.33. The number of hydrogen-bond acceptors (Lipinski definition) is 10. The summed E-state index contributed by atoms with van der Waals surface area (Å²) >= 11 is 0. The summed E-state index contributed by atoms with van der Waals surface area (Å²) in [7, 11) is 1.83. The molecule has 4 N–H and O–H groups in total. The zero-order chi connectivity index (χ0) is 26.2. The molecule has 1 aliphatic rings.